The largest absolute Gasteiger partial charge is 0.315 e. The number of aryl methyl sites for hydroxylation is 1. The van der Waals surface area contributed by atoms with E-state index >= 15 is 0 Å². The molecule has 3 heteroatoms. The molecular formula is C11H18N2S. The predicted octanol–water partition coefficient (Wildman–Crippen LogP) is 2.44. The van der Waals surface area contributed by atoms with Gasteiger partial charge in [-0.3, -0.25) is 0 Å². The summed E-state index contributed by atoms with van der Waals surface area (Å²) >= 11 is 1.87. The standard InChI is InChI=1S/C11H18N2S/c1-7-9(11(2,3)4)13-10(14-7)8-5-12-6-8/h8,12H,5-6H2,1-4H3. The Labute approximate surface area is 89.8 Å². The lowest BCUT2D eigenvalue weighted by molar-refractivity contribution is 0.444. The lowest BCUT2D eigenvalue weighted by Crippen LogP contribution is -2.39. The molecule has 0 unspecified atom stereocenters. The molecule has 0 bridgehead atoms. The first kappa shape index (κ1) is 10.1. The molecule has 2 heterocycles. The van der Waals surface area contributed by atoms with Gasteiger partial charge in [0.1, 0.15) is 0 Å². The fraction of sp³-hybridized carbons (Fsp3) is 0.727. The van der Waals surface area contributed by atoms with Gasteiger partial charge in [0.15, 0.2) is 0 Å². The summed E-state index contributed by atoms with van der Waals surface area (Å²) in [7, 11) is 0. The lowest BCUT2D eigenvalue weighted by atomic mass is 9.91. The van der Waals surface area contributed by atoms with Gasteiger partial charge in [0, 0.05) is 29.3 Å². The van der Waals surface area contributed by atoms with Crippen molar-refractivity contribution < 1.29 is 0 Å². The van der Waals surface area contributed by atoms with E-state index in [1.54, 1.807) is 0 Å². The molecule has 0 amide bonds. The van der Waals surface area contributed by atoms with Crippen molar-refractivity contribution in [2.45, 2.75) is 39.0 Å². The smallest absolute Gasteiger partial charge is 0.0987 e. The second-order valence-corrected chi connectivity index (χ2v) is 6.30. The number of hydrogen-bond acceptors (Lipinski definition) is 3. The molecule has 1 N–H and O–H groups in total. The Kier molecular flexibility index (Phi) is 2.40. The van der Waals surface area contributed by atoms with Crippen molar-refractivity contribution >= 4 is 11.3 Å². The van der Waals surface area contributed by atoms with Gasteiger partial charge >= 0.3 is 0 Å². The van der Waals surface area contributed by atoms with E-state index in [-0.39, 0.29) is 5.41 Å². The number of thiazole rings is 1. The van der Waals surface area contributed by atoms with Gasteiger partial charge in [-0.05, 0) is 6.92 Å². The van der Waals surface area contributed by atoms with E-state index in [0.717, 1.165) is 13.1 Å². The summed E-state index contributed by atoms with van der Waals surface area (Å²) in [5, 5.41) is 4.62. The van der Waals surface area contributed by atoms with Gasteiger partial charge in [0.25, 0.3) is 0 Å². The molecule has 1 aromatic heterocycles. The van der Waals surface area contributed by atoms with Crippen LogP contribution in [-0.4, -0.2) is 18.1 Å². The number of aromatic nitrogens is 1. The van der Waals surface area contributed by atoms with E-state index in [9.17, 15) is 0 Å². The highest BCUT2D eigenvalue weighted by atomic mass is 32.1. The minimum absolute atomic E-state index is 0.190. The third kappa shape index (κ3) is 1.71. The molecular weight excluding hydrogens is 192 g/mol. The van der Waals surface area contributed by atoms with Gasteiger partial charge in [-0.2, -0.15) is 0 Å². The Hall–Kier alpha value is -0.410. The zero-order valence-electron chi connectivity index (χ0n) is 9.35. The van der Waals surface area contributed by atoms with E-state index in [0.29, 0.717) is 5.92 Å². The molecule has 14 heavy (non-hydrogen) atoms. The van der Waals surface area contributed by atoms with Gasteiger partial charge in [-0.25, -0.2) is 4.98 Å². The van der Waals surface area contributed by atoms with Crippen LogP contribution in [0.1, 0.15) is 42.3 Å². The van der Waals surface area contributed by atoms with E-state index < -0.39 is 0 Å². The molecule has 0 spiro atoms. The van der Waals surface area contributed by atoms with Crippen molar-refractivity contribution in [3.63, 3.8) is 0 Å². The lowest BCUT2D eigenvalue weighted by Gasteiger charge is -2.25. The highest BCUT2D eigenvalue weighted by Gasteiger charge is 2.26. The average molecular weight is 210 g/mol. The Morgan fingerprint density at radius 1 is 1.36 bits per heavy atom. The molecule has 1 aliphatic rings. The Morgan fingerprint density at radius 2 is 2.00 bits per heavy atom. The summed E-state index contributed by atoms with van der Waals surface area (Å²) < 4.78 is 0. The number of rotatable bonds is 1. The number of nitrogens with one attached hydrogen (secondary N) is 1. The van der Waals surface area contributed by atoms with Gasteiger partial charge in [0.2, 0.25) is 0 Å². The third-order valence-electron chi connectivity index (χ3n) is 2.65. The SMILES string of the molecule is Cc1sc(C2CNC2)nc1C(C)(C)C. The molecule has 0 aliphatic carbocycles. The van der Waals surface area contributed by atoms with Crippen LogP contribution < -0.4 is 5.32 Å². The van der Waals surface area contributed by atoms with Crippen LogP contribution in [0.25, 0.3) is 0 Å². The summed E-state index contributed by atoms with van der Waals surface area (Å²) in [5.74, 6) is 0.676. The van der Waals surface area contributed by atoms with Gasteiger partial charge in [-0.1, -0.05) is 20.8 Å². The van der Waals surface area contributed by atoms with Gasteiger partial charge in [-0.15, -0.1) is 11.3 Å². The molecule has 2 rings (SSSR count). The molecule has 2 nitrogen and oxygen atoms in total. The minimum Gasteiger partial charge on any atom is -0.315 e. The Morgan fingerprint density at radius 3 is 2.36 bits per heavy atom. The molecule has 1 aliphatic heterocycles. The van der Waals surface area contributed by atoms with Crippen LogP contribution in [-0.2, 0) is 5.41 Å². The zero-order chi connectivity index (χ0) is 10.3. The quantitative estimate of drug-likeness (QED) is 0.770. The summed E-state index contributed by atoms with van der Waals surface area (Å²) in [6.07, 6.45) is 0. The highest BCUT2D eigenvalue weighted by Crippen LogP contribution is 2.33. The van der Waals surface area contributed by atoms with Crippen molar-refractivity contribution in [2.24, 2.45) is 0 Å². The molecule has 0 radical (unpaired) electrons. The van der Waals surface area contributed by atoms with Crippen LogP contribution in [0.15, 0.2) is 0 Å². The van der Waals surface area contributed by atoms with Crippen LogP contribution in [0.5, 0.6) is 0 Å². The van der Waals surface area contributed by atoms with E-state index in [4.69, 9.17) is 4.98 Å². The van der Waals surface area contributed by atoms with Crippen LogP contribution in [0.2, 0.25) is 0 Å². The summed E-state index contributed by atoms with van der Waals surface area (Å²) in [6.45, 7) is 11.1. The topological polar surface area (TPSA) is 24.9 Å². The summed E-state index contributed by atoms with van der Waals surface area (Å²) in [6, 6.07) is 0. The summed E-state index contributed by atoms with van der Waals surface area (Å²) in [5.41, 5.74) is 1.47. The van der Waals surface area contributed by atoms with Crippen LogP contribution in [0.3, 0.4) is 0 Å². The van der Waals surface area contributed by atoms with Gasteiger partial charge < -0.3 is 5.32 Å². The van der Waals surface area contributed by atoms with Crippen LogP contribution in [0.4, 0.5) is 0 Å². The van der Waals surface area contributed by atoms with Crippen LogP contribution >= 0.6 is 11.3 Å². The Bertz CT molecular complexity index is 332. The fourth-order valence-corrected chi connectivity index (χ4v) is 2.98. The molecule has 78 valence electrons. The molecule has 1 aromatic rings. The highest BCUT2D eigenvalue weighted by molar-refractivity contribution is 7.11. The van der Waals surface area contributed by atoms with E-state index in [1.807, 2.05) is 11.3 Å². The number of hydrogen-bond donors (Lipinski definition) is 1. The van der Waals surface area contributed by atoms with Crippen molar-refractivity contribution in [1.29, 1.82) is 0 Å². The van der Waals surface area contributed by atoms with Crippen molar-refractivity contribution in [3.8, 4) is 0 Å². The molecule has 1 fully saturated rings. The Balaban J connectivity index is 2.29. The minimum atomic E-state index is 0.190. The molecule has 1 saturated heterocycles. The van der Waals surface area contributed by atoms with Crippen molar-refractivity contribution in [1.82, 2.24) is 10.3 Å². The molecule has 0 aromatic carbocycles. The monoisotopic (exact) mass is 210 g/mol. The first-order valence-electron chi connectivity index (χ1n) is 5.17. The molecule has 0 atom stereocenters. The first-order chi connectivity index (χ1) is 6.48. The maximum atomic E-state index is 4.78. The molecule has 0 saturated carbocycles. The van der Waals surface area contributed by atoms with Crippen molar-refractivity contribution in [2.75, 3.05) is 13.1 Å². The predicted molar refractivity (Wildman–Crippen MR) is 61.2 cm³/mol. The third-order valence-corrected chi connectivity index (χ3v) is 3.79. The summed E-state index contributed by atoms with van der Waals surface area (Å²) in [4.78, 5) is 6.17. The second-order valence-electron chi connectivity index (χ2n) is 5.06. The van der Waals surface area contributed by atoms with Gasteiger partial charge in [0.05, 0.1) is 10.7 Å². The second kappa shape index (κ2) is 3.31. The normalized spacial score (nSPS) is 18.3. The van der Waals surface area contributed by atoms with E-state index in [1.165, 1.54) is 15.6 Å². The van der Waals surface area contributed by atoms with Crippen LogP contribution in [0, 0.1) is 6.92 Å². The average Bonchev–Trinajstić information content (AvgIpc) is 2.25. The fourth-order valence-electron chi connectivity index (χ4n) is 1.75. The zero-order valence-corrected chi connectivity index (χ0v) is 10.2. The van der Waals surface area contributed by atoms with E-state index in [2.05, 4.69) is 33.0 Å². The first-order valence-corrected chi connectivity index (χ1v) is 5.98. The maximum Gasteiger partial charge on any atom is 0.0987 e. The maximum absolute atomic E-state index is 4.78. The number of nitrogens with zero attached hydrogens (tertiary/aromatic N) is 1. The van der Waals surface area contributed by atoms with Crippen molar-refractivity contribution in [3.05, 3.63) is 15.6 Å².